The lowest BCUT2D eigenvalue weighted by Gasteiger charge is -2.24. The van der Waals surface area contributed by atoms with Gasteiger partial charge in [-0.3, -0.25) is 4.31 Å². The summed E-state index contributed by atoms with van der Waals surface area (Å²) in [6.07, 6.45) is -3.38. The minimum atomic E-state index is -4.63. The zero-order chi connectivity index (χ0) is 22.4. The summed E-state index contributed by atoms with van der Waals surface area (Å²) < 4.78 is 76.0. The molecule has 0 aliphatic rings. The molecule has 2 aromatic rings. The number of carbonyl (C=O) groups excluding carboxylic acids is 1. The molecule has 0 aliphatic carbocycles. The third kappa shape index (κ3) is 5.61. The van der Waals surface area contributed by atoms with E-state index in [2.05, 4.69) is 6.58 Å². The van der Waals surface area contributed by atoms with Crippen LogP contribution in [0.25, 0.3) is 0 Å². The van der Waals surface area contributed by atoms with Gasteiger partial charge in [0.05, 0.1) is 34.9 Å². The van der Waals surface area contributed by atoms with Crippen LogP contribution < -0.4 is 4.31 Å². The van der Waals surface area contributed by atoms with Crippen LogP contribution in [0.15, 0.2) is 66.1 Å². The predicted octanol–water partition coefficient (Wildman–Crippen LogP) is 3.89. The molecule has 0 spiro atoms. The summed E-state index contributed by atoms with van der Waals surface area (Å²) in [6, 6.07) is 9.02. The van der Waals surface area contributed by atoms with Gasteiger partial charge in [-0.2, -0.15) is 13.2 Å². The molecule has 0 amide bonds. The molecule has 0 aromatic heterocycles. The second-order valence-corrected chi connectivity index (χ2v) is 7.89. The first kappa shape index (κ1) is 23.4. The zero-order valence-electron chi connectivity index (χ0n) is 16.1. The molecule has 0 unspecified atom stereocenters. The molecule has 0 bridgehead atoms. The number of carbonyl (C=O) groups is 1. The van der Waals surface area contributed by atoms with E-state index in [0.29, 0.717) is 0 Å². The molecule has 10 heteroatoms. The second-order valence-electron chi connectivity index (χ2n) is 6.03. The van der Waals surface area contributed by atoms with Crippen molar-refractivity contribution in [3.8, 4) is 0 Å². The molecule has 30 heavy (non-hydrogen) atoms. The molecule has 0 radical (unpaired) electrons. The van der Waals surface area contributed by atoms with Gasteiger partial charge in [-0.25, -0.2) is 13.2 Å². The lowest BCUT2D eigenvalue weighted by atomic mass is 10.2. The fraction of sp³-hybridized carbons (Fsp3) is 0.250. The highest BCUT2D eigenvalue weighted by Gasteiger charge is 2.32. The Morgan fingerprint density at radius 1 is 1.13 bits per heavy atom. The van der Waals surface area contributed by atoms with E-state index < -0.39 is 27.7 Å². The largest absolute Gasteiger partial charge is 0.460 e. The highest BCUT2D eigenvalue weighted by Crippen LogP contribution is 2.33. The number of hydrogen-bond acceptors (Lipinski definition) is 5. The van der Waals surface area contributed by atoms with E-state index in [1.807, 2.05) is 0 Å². The Morgan fingerprint density at radius 3 is 2.47 bits per heavy atom. The highest BCUT2D eigenvalue weighted by molar-refractivity contribution is 7.92. The molecule has 0 fully saturated rings. The van der Waals surface area contributed by atoms with Crippen molar-refractivity contribution in [3.63, 3.8) is 0 Å². The molecule has 2 aromatic carbocycles. The first-order valence-corrected chi connectivity index (χ1v) is 10.1. The molecule has 0 saturated heterocycles. The molecule has 6 nitrogen and oxygen atoms in total. The van der Waals surface area contributed by atoms with Crippen LogP contribution in [-0.2, 0) is 25.7 Å². The number of ether oxygens (including phenoxy) is 2. The van der Waals surface area contributed by atoms with Crippen molar-refractivity contribution in [3.05, 3.63) is 72.3 Å². The summed E-state index contributed by atoms with van der Waals surface area (Å²) in [5.74, 6) is -0.751. The lowest BCUT2D eigenvalue weighted by molar-refractivity contribution is -0.137. The highest BCUT2D eigenvalue weighted by atomic mass is 32.2. The van der Waals surface area contributed by atoms with E-state index in [4.69, 9.17) is 9.47 Å². The topological polar surface area (TPSA) is 72.9 Å². The van der Waals surface area contributed by atoms with Crippen LogP contribution in [0.4, 0.5) is 18.9 Å². The number of benzene rings is 2. The van der Waals surface area contributed by atoms with Crippen LogP contribution in [0.5, 0.6) is 0 Å². The maximum Gasteiger partial charge on any atom is 0.416 e. The number of rotatable bonds is 9. The first-order valence-electron chi connectivity index (χ1n) is 8.68. The third-order valence-electron chi connectivity index (χ3n) is 3.93. The number of methoxy groups -OCH3 is 1. The number of alkyl halides is 3. The van der Waals surface area contributed by atoms with Gasteiger partial charge in [-0.1, -0.05) is 18.2 Å². The van der Waals surface area contributed by atoms with Gasteiger partial charge in [0, 0.05) is 7.11 Å². The van der Waals surface area contributed by atoms with E-state index in [0.717, 1.165) is 28.6 Å². The van der Waals surface area contributed by atoms with Crippen molar-refractivity contribution < 1.29 is 35.9 Å². The Labute approximate surface area is 172 Å². The summed E-state index contributed by atoms with van der Waals surface area (Å²) in [6.45, 7) is 3.36. The van der Waals surface area contributed by atoms with Crippen molar-refractivity contribution in [1.29, 1.82) is 0 Å². The SMILES string of the molecule is C=CCN(c1cccc(C(F)(F)F)c1)S(=O)(=O)c1cccc(C(=O)OCCOC)c1. The van der Waals surface area contributed by atoms with Crippen molar-refractivity contribution in [2.75, 3.05) is 31.2 Å². The quantitative estimate of drug-likeness (QED) is 0.334. The minimum absolute atomic E-state index is 0.0147. The van der Waals surface area contributed by atoms with Crippen LogP contribution in [0.3, 0.4) is 0 Å². The third-order valence-corrected chi connectivity index (χ3v) is 5.72. The molecule has 0 N–H and O–H groups in total. The fourth-order valence-corrected chi connectivity index (χ4v) is 3.98. The van der Waals surface area contributed by atoms with Gasteiger partial charge in [-0.05, 0) is 36.4 Å². The monoisotopic (exact) mass is 443 g/mol. The first-order chi connectivity index (χ1) is 14.1. The van der Waals surface area contributed by atoms with E-state index >= 15 is 0 Å². The zero-order valence-corrected chi connectivity index (χ0v) is 16.9. The number of hydrogen-bond donors (Lipinski definition) is 0. The smallest absolute Gasteiger partial charge is 0.416 e. The Bertz CT molecular complexity index is 1010. The molecular weight excluding hydrogens is 423 g/mol. The Balaban J connectivity index is 2.43. The van der Waals surface area contributed by atoms with E-state index in [9.17, 15) is 26.4 Å². The maximum absolute atomic E-state index is 13.1. The van der Waals surface area contributed by atoms with Gasteiger partial charge in [-0.15, -0.1) is 6.58 Å². The van der Waals surface area contributed by atoms with Crippen molar-refractivity contribution >= 4 is 21.7 Å². The van der Waals surface area contributed by atoms with E-state index in [1.165, 1.54) is 37.5 Å². The maximum atomic E-state index is 13.1. The summed E-state index contributed by atoms with van der Waals surface area (Å²) >= 11 is 0. The Kier molecular flexibility index (Phi) is 7.63. The van der Waals surface area contributed by atoms with Gasteiger partial charge in [0.25, 0.3) is 10.0 Å². The van der Waals surface area contributed by atoms with Crippen molar-refractivity contribution in [2.45, 2.75) is 11.1 Å². The normalized spacial score (nSPS) is 11.7. The summed E-state index contributed by atoms with van der Waals surface area (Å²) in [4.78, 5) is 11.8. The van der Waals surface area contributed by atoms with Crippen LogP contribution in [-0.4, -0.2) is 41.3 Å². The molecule has 0 saturated carbocycles. The predicted molar refractivity (Wildman–Crippen MR) is 105 cm³/mol. The van der Waals surface area contributed by atoms with Gasteiger partial charge >= 0.3 is 12.1 Å². The molecule has 2 rings (SSSR count). The minimum Gasteiger partial charge on any atom is -0.460 e. The van der Waals surface area contributed by atoms with Crippen LogP contribution >= 0.6 is 0 Å². The number of esters is 1. The summed E-state index contributed by atoms with van der Waals surface area (Å²) in [5, 5.41) is 0. The van der Waals surface area contributed by atoms with Crippen LogP contribution in [0, 0.1) is 0 Å². The van der Waals surface area contributed by atoms with Gasteiger partial charge in [0.1, 0.15) is 6.61 Å². The van der Waals surface area contributed by atoms with Crippen molar-refractivity contribution in [1.82, 2.24) is 0 Å². The molecule has 162 valence electrons. The van der Waals surface area contributed by atoms with Gasteiger partial charge < -0.3 is 9.47 Å². The number of halogens is 3. The Morgan fingerprint density at radius 2 is 1.83 bits per heavy atom. The molecule has 0 atom stereocenters. The van der Waals surface area contributed by atoms with Crippen LogP contribution in [0.1, 0.15) is 15.9 Å². The van der Waals surface area contributed by atoms with Gasteiger partial charge in [0.2, 0.25) is 0 Å². The second kappa shape index (κ2) is 9.77. The molecule has 0 aliphatic heterocycles. The van der Waals surface area contributed by atoms with E-state index in [1.54, 1.807) is 0 Å². The average Bonchev–Trinajstić information content (AvgIpc) is 2.71. The van der Waals surface area contributed by atoms with Gasteiger partial charge in [0.15, 0.2) is 0 Å². The standard InChI is InChI=1S/C20H20F3NO5S/c1-3-10-24(17-8-5-7-16(14-17)20(21,22)23)30(26,27)18-9-4-6-15(13-18)19(25)29-12-11-28-2/h3-9,13-14H,1,10-12H2,2H3. The fourth-order valence-electron chi connectivity index (χ4n) is 2.51. The number of nitrogens with zero attached hydrogens (tertiary/aromatic N) is 1. The molecule has 0 heterocycles. The van der Waals surface area contributed by atoms with Crippen LogP contribution in [0.2, 0.25) is 0 Å². The number of sulfonamides is 1. The van der Waals surface area contributed by atoms with E-state index in [-0.39, 0.29) is 35.9 Å². The number of anilines is 1. The molecular formula is C20H20F3NO5S. The average molecular weight is 443 g/mol. The lowest BCUT2D eigenvalue weighted by Crippen LogP contribution is -2.31. The summed E-state index contributed by atoms with van der Waals surface area (Å²) in [7, 11) is -2.86. The summed E-state index contributed by atoms with van der Waals surface area (Å²) in [5.41, 5.74) is -1.19. The Hall–Kier alpha value is -2.85. The van der Waals surface area contributed by atoms with Crippen molar-refractivity contribution in [2.24, 2.45) is 0 Å².